The molecule has 2 unspecified atom stereocenters. The van der Waals surface area contributed by atoms with Crippen LogP contribution in [0.5, 0.6) is 0 Å². The molecular formula is C14H20N2O2. The monoisotopic (exact) mass is 248 g/mol. The molecule has 4 nitrogen and oxygen atoms in total. The Bertz CT molecular complexity index is 394. The Labute approximate surface area is 108 Å². The average Bonchev–Trinajstić information content (AvgIpc) is 2.41. The zero-order valence-corrected chi connectivity index (χ0v) is 10.7. The van der Waals surface area contributed by atoms with E-state index in [0.29, 0.717) is 0 Å². The Hall–Kier alpha value is -1.42. The normalized spacial score (nSPS) is 22.6. The molecule has 1 aliphatic rings. The van der Waals surface area contributed by atoms with Crippen molar-refractivity contribution in [1.82, 2.24) is 9.88 Å². The summed E-state index contributed by atoms with van der Waals surface area (Å²) in [6.07, 6.45) is 7.36. The summed E-state index contributed by atoms with van der Waals surface area (Å²) >= 11 is 0. The van der Waals surface area contributed by atoms with Crippen LogP contribution in [0, 0.1) is 0 Å². The maximum absolute atomic E-state index is 11.4. The number of rotatable bonds is 4. The number of carbonyl (C=O) groups is 1. The summed E-state index contributed by atoms with van der Waals surface area (Å²) in [6.45, 7) is 2.97. The first-order valence-electron chi connectivity index (χ1n) is 6.62. The number of hydrogen-bond acceptors (Lipinski definition) is 3. The minimum atomic E-state index is -0.697. The molecule has 2 atom stereocenters. The van der Waals surface area contributed by atoms with Gasteiger partial charge in [0.1, 0.15) is 6.04 Å². The van der Waals surface area contributed by atoms with Gasteiger partial charge in [-0.1, -0.05) is 19.4 Å². The second-order valence-electron chi connectivity index (χ2n) is 4.80. The number of piperidine rings is 1. The predicted molar refractivity (Wildman–Crippen MR) is 69.2 cm³/mol. The molecule has 1 fully saturated rings. The maximum Gasteiger partial charge on any atom is 0.320 e. The summed E-state index contributed by atoms with van der Waals surface area (Å²) in [5.74, 6) is -0.697. The van der Waals surface area contributed by atoms with Gasteiger partial charge in [-0.3, -0.25) is 14.7 Å². The molecule has 1 aromatic heterocycles. The largest absolute Gasteiger partial charge is 0.480 e. The third kappa shape index (κ3) is 2.70. The van der Waals surface area contributed by atoms with Gasteiger partial charge in [-0.05, 0) is 37.4 Å². The van der Waals surface area contributed by atoms with Crippen molar-refractivity contribution in [3.63, 3.8) is 0 Å². The van der Waals surface area contributed by atoms with E-state index >= 15 is 0 Å². The number of pyridine rings is 1. The van der Waals surface area contributed by atoms with Crippen molar-refractivity contribution in [3.05, 3.63) is 30.1 Å². The lowest BCUT2D eigenvalue weighted by atomic mass is 9.96. The quantitative estimate of drug-likeness (QED) is 0.889. The maximum atomic E-state index is 11.4. The number of likely N-dealkylation sites (tertiary alicyclic amines) is 1. The van der Waals surface area contributed by atoms with Gasteiger partial charge in [0.2, 0.25) is 0 Å². The molecular weight excluding hydrogens is 228 g/mol. The number of hydrogen-bond donors (Lipinski definition) is 1. The van der Waals surface area contributed by atoms with E-state index < -0.39 is 5.97 Å². The van der Waals surface area contributed by atoms with Crippen LogP contribution in [0.25, 0.3) is 0 Å². The van der Waals surface area contributed by atoms with Gasteiger partial charge in [0, 0.05) is 18.4 Å². The highest BCUT2D eigenvalue weighted by Gasteiger charge is 2.33. The van der Waals surface area contributed by atoms with Crippen molar-refractivity contribution >= 4 is 5.97 Å². The van der Waals surface area contributed by atoms with Gasteiger partial charge in [-0.2, -0.15) is 0 Å². The van der Waals surface area contributed by atoms with Crippen LogP contribution in [-0.2, 0) is 4.79 Å². The average molecular weight is 248 g/mol. The van der Waals surface area contributed by atoms with Crippen LogP contribution < -0.4 is 0 Å². The highest BCUT2D eigenvalue weighted by atomic mass is 16.4. The number of carboxylic acids is 1. The fourth-order valence-electron chi connectivity index (χ4n) is 2.83. The third-order valence-corrected chi connectivity index (χ3v) is 3.69. The summed E-state index contributed by atoms with van der Waals surface area (Å²) in [7, 11) is 0. The summed E-state index contributed by atoms with van der Waals surface area (Å²) in [5, 5.41) is 9.34. The summed E-state index contributed by atoms with van der Waals surface area (Å²) in [5.41, 5.74) is 1.12. The van der Waals surface area contributed by atoms with Gasteiger partial charge in [-0.25, -0.2) is 0 Å². The molecule has 2 rings (SSSR count). The molecule has 0 bridgehead atoms. The van der Waals surface area contributed by atoms with Crippen molar-refractivity contribution < 1.29 is 9.90 Å². The van der Waals surface area contributed by atoms with E-state index in [4.69, 9.17) is 0 Å². The first-order valence-corrected chi connectivity index (χ1v) is 6.62. The van der Waals surface area contributed by atoms with Crippen molar-refractivity contribution in [1.29, 1.82) is 0 Å². The zero-order valence-electron chi connectivity index (χ0n) is 10.7. The molecule has 2 heterocycles. The lowest BCUT2D eigenvalue weighted by Gasteiger charge is -2.38. The molecule has 0 aromatic carbocycles. The van der Waals surface area contributed by atoms with Crippen molar-refractivity contribution in [2.24, 2.45) is 0 Å². The number of carboxylic acid groups (broad SMARTS) is 1. The topological polar surface area (TPSA) is 53.4 Å². The summed E-state index contributed by atoms with van der Waals surface area (Å²) < 4.78 is 0. The predicted octanol–water partition coefficient (Wildman–Crippen LogP) is 2.47. The van der Waals surface area contributed by atoms with Gasteiger partial charge in [0.05, 0.1) is 0 Å². The van der Waals surface area contributed by atoms with Crippen LogP contribution in [0.3, 0.4) is 0 Å². The summed E-state index contributed by atoms with van der Waals surface area (Å²) in [4.78, 5) is 17.6. The Kier molecular flexibility index (Phi) is 4.31. The Morgan fingerprint density at radius 2 is 2.44 bits per heavy atom. The Morgan fingerprint density at radius 3 is 3.06 bits per heavy atom. The van der Waals surface area contributed by atoms with E-state index in [1.807, 2.05) is 18.3 Å². The van der Waals surface area contributed by atoms with E-state index in [1.165, 1.54) is 0 Å². The van der Waals surface area contributed by atoms with E-state index in [-0.39, 0.29) is 12.1 Å². The first kappa shape index (κ1) is 13.0. The van der Waals surface area contributed by atoms with Crippen LogP contribution in [0.1, 0.15) is 44.2 Å². The first-order chi connectivity index (χ1) is 8.74. The molecule has 0 spiro atoms. The molecule has 1 saturated heterocycles. The minimum absolute atomic E-state index is 0.167. The van der Waals surface area contributed by atoms with Crippen LogP contribution in [0.15, 0.2) is 24.5 Å². The van der Waals surface area contributed by atoms with E-state index in [1.54, 1.807) is 6.20 Å². The van der Waals surface area contributed by atoms with Crippen LogP contribution in [0.4, 0.5) is 0 Å². The Morgan fingerprint density at radius 1 is 1.61 bits per heavy atom. The molecule has 0 radical (unpaired) electrons. The van der Waals surface area contributed by atoms with Gasteiger partial charge in [-0.15, -0.1) is 0 Å². The molecule has 0 saturated carbocycles. The zero-order chi connectivity index (χ0) is 13.0. The summed E-state index contributed by atoms with van der Waals surface area (Å²) in [6, 6.07) is 3.77. The molecule has 0 aliphatic carbocycles. The van der Waals surface area contributed by atoms with Gasteiger partial charge >= 0.3 is 5.97 Å². The minimum Gasteiger partial charge on any atom is -0.480 e. The number of nitrogens with zero attached hydrogens (tertiary/aromatic N) is 2. The SMILES string of the molecule is CCC(c1cccnc1)N1CCCCC1C(=O)O. The van der Waals surface area contributed by atoms with Crippen LogP contribution in [0.2, 0.25) is 0 Å². The standard InChI is InChI=1S/C14H20N2O2/c1-2-12(11-6-5-8-15-10-11)16-9-4-3-7-13(16)14(17)18/h5-6,8,10,12-13H,2-4,7,9H2,1H3,(H,17,18). The van der Waals surface area contributed by atoms with Gasteiger partial charge < -0.3 is 5.11 Å². The molecule has 4 heteroatoms. The number of aliphatic carboxylic acids is 1. The van der Waals surface area contributed by atoms with Gasteiger partial charge in [0.15, 0.2) is 0 Å². The Balaban J connectivity index is 2.22. The van der Waals surface area contributed by atoms with Crippen molar-refractivity contribution in [2.45, 2.75) is 44.7 Å². The van der Waals surface area contributed by atoms with E-state index in [0.717, 1.165) is 37.8 Å². The van der Waals surface area contributed by atoms with E-state index in [9.17, 15) is 9.90 Å². The fraction of sp³-hybridized carbons (Fsp3) is 0.571. The lowest BCUT2D eigenvalue weighted by molar-refractivity contribution is -0.146. The molecule has 98 valence electrons. The third-order valence-electron chi connectivity index (χ3n) is 3.69. The number of aromatic nitrogens is 1. The van der Waals surface area contributed by atoms with Crippen LogP contribution in [-0.4, -0.2) is 33.5 Å². The second kappa shape index (κ2) is 5.96. The lowest BCUT2D eigenvalue weighted by Crippen LogP contribution is -2.46. The van der Waals surface area contributed by atoms with Crippen molar-refractivity contribution in [2.75, 3.05) is 6.54 Å². The van der Waals surface area contributed by atoms with Crippen molar-refractivity contribution in [3.8, 4) is 0 Å². The molecule has 1 aliphatic heterocycles. The smallest absolute Gasteiger partial charge is 0.320 e. The molecule has 18 heavy (non-hydrogen) atoms. The van der Waals surface area contributed by atoms with Crippen LogP contribution >= 0.6 is 0 Å². The highest BCUT2D eigenvalue weighted by molar-refractivity contribution is 5.73. The molecule has 1 aromatic rings. The second-order valence-corrected chi connectivity index (χ2v) is 4.80. The highest BCUT2D eigenvalue weighted by Crippen LogP contribution is 2.30. The fourth-order valence-corrected chi connectivity index (χ4v) is 2.83. The van der Waals surface area contributed by atoms with Gasteiger partial charge in [0.25, 0.3) is 0 Å². The molecule has 1 N–H and O–H groups in total. The van der Waals surface area contributed by atoms with E-state index in [2.05, 4.69) is 16.8 Å². The molecule has 0 amide bonds.